The number of aryl methyl sites for hydroxylation is 5. The summed E-state index contributed by atoms with van der Waals surface area (Å²) in [5.74, 6) is -0.333. The van der Waals surface area contributed by atoms with E-state index in [1.807, 2.05) is 65.0 Å². The van der Waals surface area contributed by atoms with Crippen LogP contribution in [0, 0.1) is 34.6 Å². The van der Waals surface area contributed by atoms with Gasteiger partial charge in [0, 0.05) is 5.69 Å². The molecule has 0 aromatic heterocycles. The first kappa shape index (κ1) is 19.5. The summed E-state index contributed by atoms with van der Waals surface area (Å²) in [4.78, 5) is 23.8. The van der Waals surface area contributed by atoms with Crippen LogP contribution in [0.1, 0.15) is 27.8 Å². The maximum Gasteiger partial charge on any atom is 0.344 e. The predicted octanol–water partition coefficient (Wildman–Crippen LogP) is 3.79. The number of carbonyl (C=O) groups is 2. The molecular formula is C21H25NO4. The molecule has 0 aliphatic rings. The molecule has 2 rings (SSSR count). The van der Waals surface area contributed by atoms with E-state index in [1.165, 1.54) is 0 Å². The van der Waals surface area contributed by atoms with Crippen LogP contribution in [0.3, 0.4) is 0 Å². The number of hydrogen-bond donors (Lipinski definition) is 1. The lowest BCUT2D eigenvalue weighted by molar-refractivity contribution is -0.149. The summed E-state index contributed by atoms with van der Waals surface area (Å²) in [6.45, 7) is 9.18. The molecule has 5 nitrogen and oxygen atoms in total. The van der Waals surface area contributed by atoms with Crippen molar-refractivity contribution in [3.05, 3.63) is 58.1 Å². The molecule has 0 aliphatic carbocycles. The lowest BCUT2D eigenvalue weighted by Crippen LogP contribution is -2.24. The minimum absolute atomic E-state index is 0.236. The van der Waals surface area contributed by atoms with Gasteiger partial charge in [0.2, 0.25) is 0 Å². The largest absolute Gasteiger partial charge is 0.482 e. The van der Waals surface area contributed by atoms with Gasteiger partial charge in [0.15, 0.2) is 13.2 Å². The summed E-state index contributed by atoms with van der Waals surface area (Å²) in [5, 5.41) is 2.79. The van der Waals surface area contributed by atoms with Crippen molar-refractivity contribution in [1.29, 1.82) is 0 Å². The van der Waals surface area contributed by atoms with Crippen molar-refractivity contribution in [3.8, 4) is 5.75 Å². The van der Waals surface area contributed by atoms with Crippen molar-refractivity contribution in [2.75, 3.05) is 18.5 Å². The Hall–Kier alpha value is -2.82. The topological polar surface area (TPSA) is 64.6 Å². The van der Waals surface area contributed by atoms with Crippen LogP contribution in [0.5, 0.6) is 5.75 Å². The number of benzene rings is 2. The van der Waals surface area contributed by atoms with Crippen molar-refractivity contribution in [3.63, 3.8) is 0 Å². The van der Waals surface area contributed by atoms with Gasteiger partial charge in [-0.3, -0.25) is 4.79 Å². The Balaban J connectivity index is 1.83. The average Bonchev–Trinajstić information content (AvgIpc) is 2.55. The van der Waals surface area contributed by atoms with Crippen molar-refractivity contribution in [2.24, 2.45) is 0 Å². The predicted molar refractivity (Wildman–Crippen MR) is 102 cm³/mol. The molecule has 0 fully saturated rings. The second-order valence-electron chi connectivity index (χ2n) is 6.54. The van der Waals surface area contributed by atoms with Gasteiger partial charge in [0.1, 0.15) is 5.75 Å². The molecule has 0 saturated heterocycles. The fourth-order valence-corrected chi connectivity index (χ4v) is 2.84. The van der Waals surface area contributed by atoms with E-state index in [4.69, 9.17) is 9.47 Å². The SMILES string of the molecule is Cc1ccc(OCC(=O)OCC(=O)Nc2c(C)cc(C)cc2C)c(C)c1. The van der Waals surface area contributed by atoms with Crippen LogP contribution in [-0.2, 0) is 14.3 Å². The first-order valence-corrected chi connectivity index (χ1v) is 8.49. The normalized spacial score (nSPS) is 10.3. The van der Waals surface area contributed by atoms with Crippen LogP contribution in [0.25, 0.3) is 0 Å². The van der Waals surface area contributed by atoms with E-state index in [0.717, 1.165) is 33.5 Å². The van der Waals surface area contributed by atoms with Gasteiger partial charge in [0.25, 0.3) is 5.91 Å². The molecule has 138 valence electrons. The summed E-state index contributed by atoms with van der Waals surface area (Å²) in [6.07, 6.45) is 0. The molecule has 0 heterocycles. The van der Waals surface area contributed by atoms with Gasteiger partial charge >= 0.3 is 5.97 Å². The molecular weight excluding hydrogens is 330 g/mol. The van der Waals surface area contributed by atoms with Crippen molar-refractivity contribution in [1.82, 2.24) is 0 Å². The van der Waals surface area contributed by atoms with Gasteiger partial charge in [-0.05, 0) is 57.4 Å². The molecule has 2 aromatic carbocycles. The number of amides is 1. The minimum Gasteiger partial charge on any atom is -0.482 e. The smallest absolute Gasteiger partial charge is 0.344 e. The van der Waals surface area contributed by atoms with E-state index in [2.05, 4.69) is 5.32 Å². The highest BCUT2D eigenvalue weighted by Gasteiger charge is 2.12. The van der Waals surface area contributed by atoms with Gasteiger partial charge < -0.3 is 14.8 Å². The van der Waals surface area contributed by atoms with Crippen LogP contribution >= 0.6 is 0 Å². The number of carbonyl (C=O) groups excluding carboxylic acids is 2. The van der Waals surface area contributed by atoms with E-state index in [0.29, 0.717) is 5.75 Å². The average molecular weight is 355 g/mol. The molecule has 0 bridgehead atoms. The number of anilines is 1. The number of esters is 1. The molecule has 26 heavy (non-hydrogen) atoms. The van der Waals surface area contributed by atoms with Crippen LogP contribution < -0.4 is 10.1 Å². The van der Waals surface area contributed by atoms with Gasteiger partial charge in [-0.1, -0.05) is 35.4 Å². The number of nitrogens with one attached hydrogen (secondary N) is 1. The summed E-state index contributed by atoms with van der Waals surface area (Å²) in [7, 11) is 0. The van der Waals surface area contributed by atoms with Gasteiger partial charge in [0.05, 0.1) is 0 Å². The Bertz CT molecular complexity index is 804. The minimum atomic E-state index is -0.586. The summed E-state index contributed by atoms with van der Waals surface area (Å²) >= 11 is 0. The summed E-state index contributed by atoms with van der Waals surface area (Å²) in [6, 6.07) is 9.68. The molecule has 0 aliphatic heterocycles. The lowest BCUT2D eigenvalue weighted by Gasteiger charge is -2.13. The Kier molecular flexibility index (Phi) is 6.39. The molecule has 0 unspecified atom stereocenters. The van der Waals surface area contributed by atoms with E-state index >= 15 is 0 Å². The van der Waals surface area contributed by atoms with Crippen molar-refractivity contribution in [2.45, 2.75) is 34.6 Å². The van der Waals surface area contributed by atoms with Crippen LogP contribution in [0.4, 0.5) is 5.69 Å². The zero-order chi connectivity index (χ0) is 19.3. The Morgan fingerprint density at radius 1 is 0.846 bits per heavy atom. The summed E-state index contributed by atoms with van der Waals surface area (Å²) < 4.78 is 10.4. The Morgan fingerprint density at radius 3 is 2.08 bits per heavy atom. The number of rotatable bonds is 6. The third-order valence-corrected chi connectivity index (χ3v) is 3.98. The van der Waals surface area contributed by atoms with Crippen molar-refractivity contribution < 1.29 is 19.1 Å². The van der Waals surface area contributed by atoms with Gasteiger partial charge in [-0.25, -0.2) is 4.79 Å². The van der Waals surface area contributed by atoms with Gasteiger partial charge in [-0.15, -0.1) is 0 Å². The fourth-order valence-electron chi connectivity index (χ4n) is 2.84. The zero-order valence-corrected chi connectivity index (χ0v) is 15.9. The molecule has 0 atom stereocenters. The third kappa shape index (κ3) is 5.34. The highest BCUT2D eigenvalue weighted by Crippen LogP contribution is 2.22. The van der Waals surface area contributed by atoms with Crippen LogP contribution in [0.2, 0.25) is 0 Å². The lowest BCUT2D eigenvalue weighted by atomic mass is 10.1. The third-order valence-electron chi connectivity index (χ3n) is 3.98. The van der Waals surface area contributed by atoms with E-state index in [-0.39, 0.29) is 19.1 Å². The maximum absolute atomic E-state index is 12.0. The monoisotopic (exact) mass is 355 g/mol. The van der Waals surface area contributed by atoms with E-state index in [9.17, 15) is 9.59 Å². The van der Waals surface area contributed by atoms with Crippen molar-refractivity contribution >= 4 is 17.6 Å². The molecule has 2 aromatic rings. The van der Waals surface area contributed by atoms with Crippen LogP contribution in [-0.4, -0.2) is 25.1 Å². The maximum atomic E-state index is 12.0. The van der Waals surface area contributed by atoms with E-state index < -0.39 is 5.97 Å². The number of ether oxygens (including phenoxy) is 2. The first-order chi connectivity index (χ1) is 12.3. The van der Waals surface area contributed by atoms with Crippen LogP contribution in [0.15, 0.2) is 30.3 Å². The zero-order valence-electron chi connectivity index (χ0n) is 15.9. The van der Waals surface area contributed by atoms with Gasteiger partial charge in [-0.2, -0.15) is 0 Å². The fraction of sp³-hybridized carbons (Fsp3) is 0.333. The highest BCUT2D eigenvalue weighted by molar-refractivity contribution is 5.94. The quantitative estimate of drug-likeness (QED) is 0.801. The highest BCUT2D eigenvalue weighted by atomic mass is 16.6. The Labute approximate surface area is 154 Å². The second-order valence-corrected chi connectivity index (χ2v) is 6.54. The molecule has 0 spiro atoms. The standard InChI is InChI=1S/C21H25NO4/c1-13-6-7-18(15(3)8-13)25-12-20(24)26-11-19(23)22-21-16(4)9-14(2)10-17(21)5/h6-10H,11-12H2,1-5H3,(H,22,23). The molecule has 1 N–H and O–H groups in total. The molecule has 5 heteroatoms. The molecule has 0 radical (unpaired) electrons. The Morgan fingerprint density at radius 2 is 1.46 bits per heavy atom. The number of hydrogen-bond acceptors (Lipinski definition) is 4. The summed E-state index contributed by atoms with van der Waals surface area (Å²) in [5.41, 5.74) is 5.90. The molecule has 0 saturated carbocycles. The molecule has 1 amide bonds. The van der Waals surface area contributed by atoms with E-state index in [1.54, 1.807) is 0 Å². The second kappa shape index (κ2) is 8.52. The first-order valence-electron chi connectivity index (χ1n) is 8.49.